The minimum absolute atomic E-state index is 0.00552. The lowest BCUT2D eigenvalue weighted by atomic mass is 10.3. The fourth-order valence-corrected chi connectivity index (χ4v) is 2.23. The molecule has 1 N–H and O–H groups in total. The van der Waals surface area contributed by atoms with Crippen LogP contribution in [0.2, 0.25) is 0 Å². The van der Waals surface area contributed by atoms with Crippen molar-refractivity contribution in [1.29, 1.82) is 0 Å². The third-order valence-corrected chi connectivity index (χ3v) is 3.46. The van der Waals surface area contributed by atoms with Gasteiger partial charge in [0.05, 0.1) is 24.1 Å². The van der Waals surface area contributed by atoms with Gasteiger partial charge in [0.25, 0.3) is 0 Å². The Morgan fingerprint density at radius 1 is 1.36 bits per heavy atom. The van der Waals surface area contributed by atoms with Gasteiger partial charge >= 0.3 is 0 Å². The van der Waals surface area contributed by atoms with Gasteiger partial charge in [0.1, 0.15) is 0 Å². The smallest absolute Gasteiger partial charge is 0.225 e. The Balaban J connectivity index is 1.70. The third kappa shape index (κ3) is 4.96. The molecule has 0 saturated carbocycles. The van der Waals surface area contributed by atoms with E-state index in [1.165, 1.54) is 5.69 Å². The second kappa shape index (κ2) is 7.70. The van der Waals surface area contributed by atoms with Crippen LogP contribution >= 0.6 is 0 Å². The van der Waals surface area contributed by atoms with Gasteiger partial charge in [-0.2, -0.15) is 5.10 Å². The van der Waals surface area contributed by atoms with Crippen LogP contribution in [0.5, 0.6) is 0 Å². The number of amides is 1. The van der Waals surface area contributed by atoms with Crippen LogP contribution in [0.1, 0.15) is 17.8 Å². The number of aryl methyl sites for hydroxylation is 2. The van der Waals surface area contributed by atoms with Gasteiger partial charge < -0.3 is 10.2 Å². The Morgan fingerprint density at radius 2 is 2.18 bits per heavy atom. The van der Waals surface area contributed by atoms with E-state index in [0.717, 1.165) is 24.5 Å². The molecule has 0 atom stereocenters. The zero-order chi connectivity index (χ0) is 15.9. The van der Waals surface area contributed by atoms with Crippen molar-refractivity contribution in [1.82, 2.24) is 19.7 Å². The fourth-order valence-electron chi connectivity index (χ4n) is 2.23. The first kappa shape index (κ1) is 16.2. The van der Waals surface area contributed by atoms with Crippen molar-refractivity contribution in [2.75, 3.05) is 25.5 Å². The number of hydrogen-bond donors (Lipinski definition) is 1. The van der Waals surface area contributed by atoms with Gasteiger partial charge in [0.15, 0.2) is 0 Å². The first-order chi connectivity index (χ1) is 10.5. The molecule has 0 unspecified atom stereocenters. The molecule has 22 heavy (non-hydrogen) atoms. The predicted molar refractivity (Wildman–Crippen MR) is 86.7 cm³/mol. The predicted octanol–water partition coefficient (Wildman–Crippen LogP) is 1.86. The molecule has 1 amide bonds. The van der Waals surface area contributed by atoms with Gasteiger partial charge in [-0.15, -0.1) is 0 Å². The molecule has 0 aromatic carbocycles. The Bertz CT molecular complexity index is 608. The Hall–Kier alpha value is -2.21. The quantitative estimate of drug-likeness (QED) is 0.848. The maximum atomic E-state index is 11.9. The minimum Gasteiger partial charge on any atom is -0.325 e. The van der Waals surface area contributed by atoms with E-state index < -0.39 is 0 Å². The van der Waals surface area contributed by atoms with Crippen LogP contribution in [0.4, 0.5) is 5.69 Å². The van der Waals surface area contributed by atoms with E-state index in [-0.39, 0.29) is 5.91 Å². The summed E-state index contributed by atoms with van der Waals surface area (Å²) in [5.74, 6) is 0.00552. The molecular formula is C16H23N5O. The molecule has 0 bridgehead atoms. The van der Waals surface area contributed by atoms with Gasteiger partial charge in [-0.3, -0.25) is 14.5 Å². The maximum Gasteiger partial charge on any atom is 0.225 e. The summed E-state index contributed by atoms with van der Waals surface area (Å²) in [5.41, 5.74) is 2.94. The van der Waals surface area contributed by atoms with Gasteiger partial charge in [-0.25, -0.2) is 0 Å². The molecule has 6 nitrogen and oxygen atoms in total. The summed E-state index contributed by atoms with van der Waals surface area (Å²) < 4.78 is 2.00. The average molecular weight is 301 g/mol. The van der Waals surface area contributed by atoms with Crippen LogP contribution in [0, 0.1) is 13.8 Å². The monoisotopic (exact) mass is 301 g/mol. The van der Waals surface area contributed by atoms with Crippen LogP contribution < -0.4 is 5.32 Å². The van der Waals surface area contributed by atoms with Gasteiger partial charge in [0, 0.05) is 31.4 Å². The number of nitrogens with zero attached hydrogens (tertiary/aromatic N) is 4. The highest BCUT2D eigenvalue weighted by molar-refractivity contribution is 5.90. The molecule has 6 heteroatoms. The van der Waals surface area contributed by atoms with Crippen LogP contribution in [0.25, 0.3) is 0 Å². The Labute approximate surface area is 131 Å². The van der Waals surface area contributed by atoms with Crippen molar-refractivity contribution in [2.24, 2.45) is 0 Å². The highest BCUT2D eigenvalue weighted by Crippen LogP contribution is 2.04. The first-order valence-electron chi connectivity index (χ1n) is 7.44. The van der Waals surface area contributed by atoms with Gasteiger partial charge in [-0.1, -0.05) is 0 Å². The summed E-state index contributed by atoms with van der Waals surface area (Å²) in [6.07, 6.45) is 3.79. The number of carbonyl (C=O) groups is 1. The van der Waals surface area contributed by atoms with Crippen molar-refractivity contribution in [3.63, 3.8) is 0 Å². The largest absolute Gasteiger partial charge is 0.325 e. The molecule has 0 aliphatic rings. The number of anilines is 1. The SMILES string of the molecule is Cc1cc(C)n(CCN(C)CCC(=O)Nc2cccnc2)n1. The molecule has 0 spiro atoms. The number of hydrogen-bond acceptors (Lipinski definition) is 4. The Kier molecular flexibility index (Phi) is 5.66. The highest BCUT2D eigenvalue weighted by Gasteiger charge is 2.07. The lowest BCUT2D eigenvalue weighted by Gasteiger charge is -2.16. The van der Waals surface area contributed by atoms with E-state index in [4.69, 9.17) is 0 Å². The summed E-state index contributed by atoms with van der Waals surface area (Å²) in [5, 5.41) is 7.27. The molecule has 0 aliphatic heterocycles. The molecule has 2 heterocycles. The molecule has 0 fully saturated rings. The van der Waals surface area contributed by atoms with E-state index in [1.54, 1.807) is 18.5 Å². The molecule has 2 rings (SSSR count). The van der Waals surface area contributed by atoms with Crippen LogP contribution in [0.15, 0.2) is 30.6 Å². The maximum absolute atomic E-state index is 11.9. The number of pyridine rings is 1. The number of rotatable bonds is 7. The van der Waals surface area contributed by atoms with Crippen molar-refractivity contribution in [3.05, 3.63) is 42.0 Å². The van der Waals surface area contributed by atoms with Crippen LogP contribution in [-0.4, -0.2) is 45.7 Å². The number of carbonyl (C=O) groups excluding carboxylic acids is 1. The summed E-state index contributed by atoms with van der Waals surface area (Å²) in [6.45, 7) is 6.46. The molecular weight excluding hydrogens is 278 g/mol. The van der Waals surface area contributed by atoms with E-state index in [0.29, 0.717) is 13.0 Å². The van der Waals surface area contributed by atoms with E-state index >= 15 is 0 Å². The van der Waals surface area contributed by atoms with Crippen molar-refractivity contribution in [3.8, 4) is 0 Å². The molecule has 2 aromatic rings. The standard InChI is InChI=1S/C16H23N5O/c1-13-11-14(2)21(19-13)10-9-20(3)8-6-16(22)18-15-5-4-7-17-12-15/h4-5,7,11-12H,6,8-10H2,1-3H3,(H,18,22). The van der Waals surface area contributed by atoms with E-state index in [9.17, 15) is 4.79 Å². The van der Waals surface area contributed by atoms with E-state index in [2.05, 4.69) is 33.3 Å². The van der Waals surface area contributed by atoms with Gasteiger partial charge in [0.2, 0.25) is 5.91 Å². The summed E-state index contributed by atoms with van der Waals surface area (Å²) in [6, 6.07) is 5.70. The van der Waals surface area contributed by atoms with Crippen LogP contribution in [0.3, 0.4) is 0 Å². The zero-order valence-electron chi connectivity index (χ0n) is 13.4. The Morgan fingerprint density at radius 3 is 2.82 bits per heavy atom. The van der Waals surface area contributed by atoms with E-state index in [1.807, 2.05) is 24.7 Å². The second-order valence-electron chi connectivity index (χ2n) is 5.49. The lowest BCUT2D eigenvalue weighted by Crippen LogP contribution is -2.28. The summed E-state index contributed by atoms with van der Waals surface area (Å²) >= 11 is 0. The first-order valence-corrected chi connectivity index (χ1v) is 7.44. The van der Waals surface area contributed by atoms with Crippen molar-refractivity contribution in [2.45, 2.75) is 26.8 Å². The zero-order valence-corrected chi connectivity index (χ0v) is 13.4. The summed E-state index contributed by atoms with van der Waals surface area (Å²) in [7, 11) is 2.02. The van der Waals surface area contributed by atoms with Crippen LogP contribution in [-0.2, 0) is 11.3 Å². The fraction of sp³-hybridized carbons (Fsp3) is 0.438. The third-order valence-electron chi connectivity index (χ3n) is 3.46. The molecule has 0 aliphatic carbocycles. The molecule has 2 aromatic heterocycles. The number of nitrogens with one attached hydrogen (secondary N) is 1. The average Bonchev–Trinajstić information content (AvgIpc) is 2.82. The topological polar surface area (TPSA) is 63.1 Å². The second-order valence-corrected chi connectivity index (χ2v) is 5.49. The van der Waals surface area contributed by atoms with Gasteiger partial charge in [-0.05, 0) is 39.1 Å². The normalized spacial score (nSPS) is 10.9. The number of aromatic nitrogens is 3. The summed E-state index contributed by atoms with van der Waals surface area (Å²) in [4.78, 5) is 18.0. The molecule has 0 saturated heterocycles. The highest BCUT2D eigenvalue weighted by atomic mass is 16.1. The van der Waals surface area contributed by atoms with Crippen molar-refractivity contribution < 1.29 is 4.79 Å². The molecule has 0 radical (unpaired) electrons. The molecule has 118 valence electrons. The lowest BCUT2D eigenvalue weighted by molar-refractivity contribution is -0.116. The minimum atomic E-state index is 0.00552. The number of likely N-dealkylation sites (N-methyl/N-ethyl adjacent to an activating group) is 1. The van der Waals surface area contributed by atoms with Crippen molar-refractivity contribution >= 4 is 11.6 Å².